The van der Waals surface area contributed by atoms with Gasteiger partial charge in [-0.25, -0.2) is 0 Å². The molecule has 0 bridgehead atoms. The maximum atomic E-state index is 12.6. The highest BCUT2D eigenvalue weighted by atomic mass is 79.9. The van der Waals surface area contributed by atoms with Crippen LogP contribution < -0.4 is 14.8 Å². The Morgan fingerprint density at radius 3 is 2.20 bits per heavy atom. The second kappa shape index (κ2) is 11.6. The van der Waals surface area contributed by atoms with Crippen molar-refractivity contribution in [2.75, 3.05) is 31.6 Å². The summed E-state index contributed by atoms with van der Waals surface area (Å²) < 4.78 is 12.0. The number of nitrogens with zero attached hydrogens (tertiary/aromatic N) is 1. The van der Waals surface area contributed by atoms with Gasteiger partial charge in [0.15, 0.2) is 11.5 Å². The maximum absolute atomic E-state index is 12.6. The monoisotopic (exact) mass is 476 g/mol. The Morgan fingerprint density at radius 1 is 0.967 bits per heavy atom. The van der Waals surface area contributed by atoms with Crippen LogP contribution in [-0.2, 0) is 11.2 Å². The number of halogens is 1. The first-order valence-corrected chi connectivity index (χ1v) is 11.0. The number of anilines is 1. The van der Waals surface area contributed by atoms with Gasteiger partial charge in [-0.2, -0.15) is 0 Å². The summed E-state index contributed by atoms with van der Waals surface area (Å²) >= 11 is 3.51. The summed E-state index contributed by atoms with van der Waals surface area (Å²) in [5.74, 6) is 1.01. The lowest BCUT2D eigenvalue weighted by atomic mass is 10.1. The second-order valence-corrected chi connectivity index (χ2v) is 7.39. The predicted molar refractivity (Wildman–Crippen MR) is 123 cm³/mol. The zero-order chi connectivity index (χ0) is 22.1. The van der Waals surface area contributed by atoms with Crippen LogP contribution in [0.25, 0.3) is 0 Å². The van der Waals surface area contributed by atoms with Crippen LogP contribution in [0.4, 0.5) is 5.69 Å². The van der Waals surface area contributed by atoms with Crippen LogP contribution in [0.5, 0.6) is 11.5 Å². The molecule has 0 aromatic heterocycles. The van der Waals surface area contributed by atoms with Crippen molar-refractivity contribution in [1.82, 2.24) is 4.90 Å². The molecule has 0 atom stereocenters. The van der Waals surface area contributed by atoms with Gasteiger partial charge in [-0.3, -0.25) is 9.59 Å². The van der Waals surface area contributed by atoms with E-state index in [0.717, 1.165) is 10.0 Å². The van der Waals surface area contributed by atoms with Crippen molar-refractivity contribution in [1.29, 1.82) is 0 Å². The summed E-state index contributed by atoms with van der Waals surface area (Å²) in [5, 5.41) is 2.88. The molecular formula is C23H29BrN2O4. The Labute approximate surface area is 186 Å². The molecule has 0 aliphatic rings. The quantitative estimate of drug-likeness (QED) is 0.528. The highest BCUT2D eigenvalue weighted by Gasteiger charge is 2.16. The van der Waals surface area contributed by atoms with Gasteiger partial charge in [0.25, 0.3) is 5.91 Å². The van der Waals surface area contributed by atoms with Crippen molar-refractivity contribution in [3.05, 3.63) is 52.0 Å². The molecule has 30 heavy (non-hydrogen) atoms. The zero-order valence-electron chi connectivity index (χ0n) is 18.0. The number of carbonyl (C=O) groups is 2. The van der Waals surface area contributed by atoms with Crippen molar-refractivity contribution < 1.29 is 19.1 Å². The number of amides is 2. The predicted octanol–water partition coefficient (Wildman–Crippen LogP) is 4.91. The van der Waals surface area contributed by atoms with E-state index in [2.05, 4.69) is 21.2 Å². The lowest BCUT2D eigenvalue weighted by Crippen LogP contribution is -2.30. The summed E-state index contributed by atoms with van der Waals surface area (Å²) in [4.78, 5) is 26.9. The number of carbonyl (C=O) groups excluding carboxylic acids is 2. The Hall–Kier alpha value is -2.54. The molecule has 7 heteroatoms. The van der Waals surface area contributed by atoms with E-state index in [4.69, 9.17) is 9.47 Å². The van der Waals surface area contributed by atoms with Crippen LogP contribution in [0.3, 0.4) is 0 Å². The van der Waals surface area contributed by atoms with E-state index in [9.17, 15) is 9.59 Å². The van der Waals surface area contributed by atoms with Crippen molar-refractivity contribution in [2.45, 2.75) is 34.1 Å². The SMILES string of the molecule is CCOc1cc(Br)c(CC(=O)Nc2cccc(C(=O)N(CC)CC)c2)cc1OCC. The van der Waals surface area contributed by atoms with Crippen molar-refractivity contribution in [3.63, 3.8) is 0 Å². The third-order valence-corrected chi connectivity index (χ3v) is 5.25. The van der Waals surface area contributed by atoms with Crippen LogP contribution in [-0.4, -0.2) is 43.0 Å². The minimum Gasteiger partial charge on any atom is -0.490 e. The molecule has 2 aromatic rings. The van der Waals surface area contributed by atoms with Gasteiger partial charge in [0, 0.05) is 28.8 Å². The molecular weight excluding hydrogens is 448 g/mol. The van der Waals surface area contributed by atoms with Crippen molar-refractivity contribution in [2.24, 2.45) is 0 Å². The number of nitrogens with one attached hydrogen (secondary N) is 1. The largest absolute Gasteiger partial charge is 0.490 e. The third-order valence-electron chi connectivity index (χ3n) is 4.51. The molecule has 1 N–H and O–H groups in total. The summed E-state index contributed by atoms with van der Waals surface area (Å²) in [6.07, 6.45) is 0.154. The Balaban J connectivity index is 2.15. The molecule has 0 saturated carbocycles. The van der Waals surface area contributed by atoms with Crippen LogP contribution in [0.1, 0.15) is 43.6 Å². The smallest absolute Gasteiger partial charge is 0.253 e. The average molecular weight is 477 g/mol. The summed E-state index contributed by atoms with van der Waals surface area (Å²) in [6, 6.07) is 10.6. The molecule has 0 radical (unpaired) electrons. The minimum atomic E-state index is -0.185. The maximum Gasteiger partial charge on any atom is 0.253 e. The molecule has 2 rings (SSSR count). The molecule has 0 heterocycles. The third kappa shape index (κ3) is 6.23. The van der Waals surface area contributed by atoms with Gasteiger partial charge in [0.1, 0.15) is 0 Å². The Kier molecular flexibility index (Phi) is 9.17. The molecule has 2 aromatic carbocycles. The van der Waals surface area contributed by atoms with Crippen LogP contribution in [0, 0.1) is 0 Å². The molecule has 6 nitrogen and oxygen atoms in total. The van der Waals surface area contributed by atoms with E-state index in [1.54, 1.807) is 29.2 Å². The number of hydrogen-bond acceptors (Lipinski definition) is 4. The van der Waals surface area contributed by atoms with Gasteiger partial charge in [-0.05, 0) is 63.6 Å². The van der Waals surface area contributed by atoms with E-state index in [-0.39, 0.29) is 18.2 Å². The molecule has 0 fully saturated rings. The van der Waals surface area contributed by atoms with Gasteiger partial charge in [0.2, 0.25) is 5.91 Å². The zero-order valence-corrected chi connectivity index (χ0v) is 19.5. The number of benzene rings is 2. The molecule has 2 amide bonds. The Morgan fingerprint density at radius 2 is 1.60 bits per heavy atom. The average Bonchev–Trinajstić information content (AvgIpc) is 2.72. The fourth-order valence-electron chi connectivity index (χ4n) is 3.05. The normalized spacial score (nSPS) is 10.4. The standard InChI is InChI=1S/C23H29BrN2O4/c1-5-26(6-2)23(28)16-10-9-11-18(12-16)25-22(27)14-17-13-20(29-7-3)21(30-8-4)15-19(17)24/h9-13,15H,5-8,14H2,1-4H3,(H,25,27). The van der Waals surface area contributed by atoms with E-state index in [1.165, 1.54) is 0 Å². The highest BCUT2D eigenvalue weighted by molar-refractivity contribution is 9.10. The molecule has 0 saturated heterocycles. The fourth-order valence-corrected chi connectivity index (χ4v) is 3.51. The van der Waals surface area contributed by atoms with E-state index in [0.29, 0.717) is 49.1 Å². The first-order valence-electron chi connectivity index (χ1n) is 10.2. The van der Waals surface area contributed by atoms with Gasteiger partial charge < -0.3 is 19.7 Å². The first kappa shape index (κ1) is 23.7. The first-order chi connectivity index (χ1) is 14.4. The number of ether oxygens (including phenoxy) is 2. The van der Waals surface area contributed by atoms with Gasteiger partial charge >= 0.3 is 0 Å². The van der Waals surface area contributed by atoms with E-state index in [1.807, 2.05) is 39.8 Å². The fraction of sp³-hybridized carbons (Fsp3) is 0.391. The molecule has 0 aliphatic heterocycles. The van der Waals surface area contributed by atoms with Gasteiger partial charge in [0.05, 0.1) is 19.6 Å². The molecule has 162 valence electrons. The van der Waals surface area contributed by atoms with E-state index < -0.39 is 0 Å². The summed E-state index contributed by atoms with van der Waals surface area (Å²) in [5.41, 5.74) is 1.93. The minimum absolute atomic E-state index is 0.0493. The molecule has 0 spiro atoms. The van der Waals surface area contributed by atoms with Crippen LogP contribution in [0.2, 0.25) is 0 Å². The lowest BCUT2D eigenvalue weighted by Gasteiger charge is -2.19. The second-order valence-electron chi connectivity index (χ2n) is 6.54. The van der Waals surface area contributed by atoms with Crippen LogP contribution >= 0.6 is 15.9 Å². The van der Waals surface area contributed by atoms with Crippen molar-refractivity contribution >= 4 is 33.4 Å². The molecule has 0 unspecified atom stereocenters. The highest BCUT2D eigenvalue weighted by Crippen LogP contribution is 2.34. The summed E-state index contributed by atoms with van der Waals surface area (Å²) in [6.45, 7) is 9.99. The topological polar surface area (TPSA) is 67.9 Å². The van der Waals surface area contributed by atoms with E-state index >= 15 is 0 Å². The van der Waals surface area contributed by atoms with Crippen LogP contribution in [0.15, 0.2) is 40.9 Å². The summed E-state index contributed by atoms with van der Waals surface area (Å²) in [7, 11) is 0. The van der Waals surface area contributed by atoms with Gasteiger partial charge in [-0.15, -0.1) is 0 Å². The Bertz CT molecular complexity index is 882. The van der Waals surface area contributed by atoms with Gasteiger partial charge in [-0.1, -0.05) is 22.0 Å². The van der Waals surface area contributed by atoms with Crippen molar-refractivity contribution in [3.8, 4) is 11.5 Å². The molecule has 0 aliphatic carbocycles. The lowest BCUT2D eigenvalue weighted by molar-refractivity contribution is -0.115. The number of rotatable bonds is 10. The number of hydrogen-bond donors (Lipinski definition) is 1.